The number of ether oxygens (including phenoxy) is 1. The van der Waals surface area contributed by atoms with Crippen molar-refractivity contribution in [2.24, 2.45) is 0 Å². The summed E-state index contributed by atoms with van der Waals surface area (Å²) in [6, 6.07) is 5.34. The molecule has 0 radical (unpaired) electrons. The number of pyridine rings is 1. The second-order valence-corrected chi connectivity index (χ2v) is 8.19. The standard InChI is InChI=1S/C23H24N6O3/c1-14-15(2)22-18(23(31)29(27-26-22)19-12-32-8-5-20(19)30)10-17(14)9-16-3-4-21(25-11-16)28-7-6-24-13-28/h3-4,6-7,10-11,13,19-20,30H,5,8-9,12H2,1-2H3/t19-,20-/m0/s1. The minimum Gasteiger partial charge on any atom is -0.391 e. The number of imidazole rings is 1. The molecular formula is C23H24N6O3. The number of hydrogen-bond acceptors (Lipinski definition) is 7. The van der Waals surface area contributed by atoms with Crippen LogP contribution in [0.15, 0.2) is 47.9 Å². The third-order valence-corrected chi connectivity index (χ3v) is 6.23. The number of aliphatic hydroxyl groups is 1. The molecule has 9 nitrogen and oxygen atoms in total. The molecule has 1 saturated heterocycles. The number of aryl methyl sites for hydroxylation is 1. The number of aliphatic hydroxyl groups excluding tert-OH is 1. The van der Waals surface area contributed by atoms with E-state index in [9.17, 15) is 9.90 Å². The van der Waals surface area contributed by atoms with Crippen LogP contribution in [-0.4, -0.2) is 54.0 Å². The lowest BCUT2D eigenvalue weighted by Gasteiger charge is -2.27. The number of aromatic nitrogens is 6. The Hall–Kier alpha value is -3.43. The summed E-state index contributed by atoms with van der Waals surface area (Å²) in [7, 11) is 0. The molecule has 4 heterocycles. The molecule has 0 spiro atoms. The van der Waals surface area contributed by atoms with Gasteiger partial charge in [-0.1, -0.05) is 11.3 Å². The number of benzene rings is 1. The molecule has 0 aliphatic carbocycles. The Morgan fingerprint density at radius 2 is 2.12 bits per heavy atom. The van der Waals surface area contributed by atoms with Crippen LogP contribution in [0.25, 0.3) is 16.7 Å². The van der Waals surface area contributed by atoms with Crippen molar-refractivity contribution in [1.82, 2.24) is 29.5 Å². The SMILES string of the molecule is Cc1c(Cc2ccc(-n3ccnc3)nc2)cc2c(=O)n([C@H]3COCC[C@@H]3O)nnc2c1C. The fourth-order valence-electron chi connectivity index (χ4n) is 4.15. The van der Waals surface area contributed by atoms with Crippen molar-refractivity contribution in [1.29, 1.82) is 0 Å². The summed E-state index contributed by atoms with van der Waals surface area (Å²) in [5.74, 6) is 0.795. The Balaban J connectivity index is 1.52. The normalized spacial score (nSPS) is 18.8. The quantitative estimate of drug-likeness (QED) is 0.525. The summed E-state index contributed by atoms with van der Waals surface area (Å²) in [5, 5.41) is 19.3. The van der Waals surface area contributed by atoms with Gasteiger partial charge in [-0.3, -0.25) is 9.36 Å². The molecule has 0 bridgehead atoms. The zero-order chi connectivity index (χ0) is 22.2. The number of rotatable bonds is 4. The molecule has 2 atom stereocenters. The van der Waals surface area contributed by atoms with E-state index in [-0.39, 0.29) is 12.2 Å². The van der Waals surface area contributed by atoms with Crippen LogP contribution in [-0.2, 0) is 11.2 Å². The average molecular weight is 432 g/mol. The van der Waals surface area contributed by atoms with Crippen molar-refractivity contribution in [2.45, 2.75) is 38.8 Å². The van der Waals surface area contributed by atoms with E-state index >= 15 is 0 Å². The molecule has 3 aromatic heterocycles. The van der Waals surface area contributed by atoms with E-state index in [0.29, 0.717) is 30.4 Å². The zero-order valence-electron chi connectivity index (χ0n) is 18.0. The summed E-state index contributed by atoms with van der Waals surface area (Å²) in [6.07, 6.45) is 7.53. The Labute approximate surface area is 184 Å². The van der Waals surface area contributed by atoms with Crippen molar-refractivity contribution in [3.8, 4) is 5.82 Å². The maximum Gasteiger partial charge on any atom is 0.278 e. The summed E-state index contributed by atoms with van der Waals surface area (Å²) in [6.45, 7) is 4.71. The van der Waals surface area contributed by atoms with Crippen molar-refractivity contribution < 1.29 is 9.84 Å². The minimum absolute atomic E-state index is 0.244. The molecule has 0 unspecified atom stereocenters. The van der Waals surface area contributed by atoms with Gasteiger partial charge >= 0.3 is 0 Å². The van der Waals surface area contributed by atoms with Gasteiger partial charge in [-0.2, -0.15) is 0 Å². The molecule has 32 heavy (non-hydrogen) atoms. The first-order chi connectivity index (χ1) is 15.5. The second kappa shape index (κ2) is 8.25. The van der Waals surface area contributed by atoms with Crippen LogP contribution in [0.5, 0.6) is 0 Å². The molecule has 0 amide bonds. The molecule has 0 saturated carbocycles. The highest BCUT2D eigenvalue weighted by Gasteiger charge is 2.28. The van der Waals surface area contributed by atoms with Crippen LogP contribution in [0.4, 0.5) is 0 Å². The summed E-state index contributed by atoms with van der Waals surface area (Å²) >= 11 is 0. The number of hydrogen-bond donors (Lipinski definition) is 1. The van der Waals surface area contributed by atoms with Crippen LogP contribution < -0.4 is 5.56 Å². The van der Waals surface area contributed by atoms with E-state index in [1.165, 1.54) is 4.68 Å². The predicted molar refractivity (Wildman–Crippen MR) is 118 cm³/mol. The largest absolute Gasteiger partial charge is 0.391 e. The lowest BCUT2D eigenvalue weighted by molar-refractivity contribution is -0.0352. The van der Waals surface area contributed by atoms with Crippen LogP contribution >= 0.6 is 0 Å². The van der Waals surface area contributed by atoms with Gasteiger partial charge in [-0.05, 0) is 61.1 Å². The van der Waals surface area contributed by atoms with E-state index in [4.69, 9.17) is 4.74 Å². The van der Waals surface area contributed by atoms with Crippen molar-refractivity contribution >= 4 is 10.9 Å². The fraction of sp³-hybridized carbons (Fsp3) is 0.348. The first kappa shape index (κ1) is 20.5. The van der Waals surface area contributed by atoms with Gasteiger partial charge in [-0.25, -0.2) is 14.6 Å². The molecule has 1 aliphatic heterocycles. The Kier molecular flexibility index (Phi) is 5.28. The second-order valence-electron chi connectivity index (χ2n) is 8.19. The highest BCUT2D eigenvalue weighted by atomic mass is 16.5. The van der Waals surface area contributed by atoms with Crippen molar-refractivity contribution in [3.05, 3.63) is 75.7 Å². The minimum atomic E-state index is -0.681. The molecule has 164 valence electrons. The van der Waals surface area contributed by atoms with Gasteiger partial charge in [0.05, 0.1) is 18.1 Å². The van der Waals surface area contributed by atoms with Crippen molar-refractivity contribution in [3.63, 3.8) is 0 Å². The Bertz CT molecular complexity index is 1310. The summed E-state index contributed by atoms with van der Waals surface area (Å²) in [4.78, 5) is 21.9. The molecule has 4 aromatic rings. The molecule has 5 rings (SSSR count). The highest BCUT2D eigenvalue weighted by Crippen LogP contribution is 2.25. The van der Waals surface area contributed by atoms with Crippen LogP contribution in [0.3, 0.4) is 0 Å². The topological polar surface area (TPSA) is 108 Å². The van der Waals surface area contributed by atoms with Gasteiger partial charge in [0.2, 0.25) is 0 Å². The van der Waals surface area contributed by atoms with Crippen LogP contribution in [0.2, 0.25) is 0 Å². The third kappa shape index (κ3) is 3.59. The maximum atomic E-state index is 13.3. The van der Waals surface area contributed by atoms with E-state index in [1.54, 1.807) is 12.5 Å². The maximum absolute atomic E-state index is 13.3. The van der Waals surface area contributed by atoms with Gasteiger partial charge in [-0.15, -0.1) is 5.10 Å². The average Bonchev–Trinajstić information content (AvgIpc) is 3.34. The number of nitrogens with zero attached hydrogens (tertiary/aromatic N) is 6. The first-order valence-electron chi connectivity index (χ1n) is 10.6. The lowest BCUT2D eigenvalue weighted by Crippen LogP contribution is -2.41. The smallest absolute Gasteiger partial charge is 0.278 e. The number of fused-ring (bicyclic) bond motifs is 1. The van der Waals surface area contributed by atoms with E-state index < -0.39 is 12.1 Å². The van der Waals surface area contributed by atoms with E-state index in [0.717, 1.165) is 28.1 Å². The molecule has 1 aromatic carbocycles. The van der Waals surface area contributed by atoms with Crippen LogP contribution in [0, 0.1) is 13.8 Å². The third-order valence-electron chi connectivity index (χ3n) is 6.23. The van der Waals surface area contributed by atoms with E-state index in [2.05, 4.69) is 20.3 Å². The van der Waals surface area contributed by atoms with Gasteiger partial charge in [0.25, 0.3) is 5.56 Å². The monoisotopic (exact) mass is 432 g/mol. The van der Waals surface area contributed by atoms with Crippen molar-refractivity contribution in [2.75, 3.05) is 13.2 Å². The first-order valence-corrected chi connectivity index (χ1v) is 10.6. The van der Waals surface area contributed by atoms with Gasteiger partial charge in [0, 0.05) is 25.2 Å². The molecule has 1 aliphatic rings. The molecule has 1 N–H and O–H groups in total. The van der Waals surface area contributed by atoms with Gasteiger partial charge < -0.3 is 9.84 Å². The highest BCUT2D eigenvalue weighted by molar-refractivity contribution is 5.82. The van der Waals surface area contributed by atoms with Gasteiger partial charge in [0.15, 0.2) is 0 Å². The predicted octanol–water partition coefficient (Wildman–Crippen LogP) is 1.90. The summed E-state index contributed by atoms with van der Waals surface area (Å²) in [5.41, 5.74) is 4.40. The Morgan fingerprint density at radius 1 is 1.25 bits per heavy atom. The zero-order valence-corrected chi connectivity index (χ0v) is 18.0. The lowest BCUT2D eigenvalue weighted by atomic mass is 9.95. The Morgan fingerprint density at radius 3 is 2.84 bits per heavy atom. The van der Waals surface area contributed by atoms with Gasteiger partial charge in [0.1, 0.15) is 23.7 Å². The van der Waals surface area contributed by atoms with Crippen LogP contribution in [0.1, 0.15) is 34.7 Å². The molecule has 9 heteroatoms. The fourth-order valence-corrected chi connectivity index (χ4v) is 4.15. The molecule has 1 fully saturated rings. The summed E-state index contributed by atoms with van der Waals surface area (Å²) < 4.78 is 8.57. The molecular weight excluding hydrogens is 408 g/mol. The van der Waals surface area contributed by atoms with E-state index in [1.807, 2.05) is 49.0 Å².